The van der Waals surface area contributed by atoms with Crippen molar-refractivity contribution in [1.82, 2.24) is 31.5 Å². The molecular formula is C25H39Cl2F3N6O3S. The van der Waals surface area contributed by atoms with Gasteiger partial charge < -0.3 is 20.3 Å². The quantitative estimate of drug-likeness (QED) is 0.221. The molecule has 0 aromatic heterocycles. The molecule has 0 spiro atoms. The van der Waals surface area contributed by atoms with E-state index < -0.39 is 42.4 Å². The summed E-state index contributed by atoms with van der Waals surface area (Å²) in [6.07, 6.45) is -3.38. The van der Waals surface area contributed by atoms with Crippen LogP contribution in [-0.4, -0.2) is 109 Å². The van der Waals surface area contributed by atoms with E-state index >= 15 is 0 Å². The molecule has 0 radical (unpaired) electrons. The van der Waals surface area contributed by atoms with Gasteiger partial charge in [-0.1, -0.05) is 0 Å². The predicted octanol–water partition coefficient (Wildman–Crippen LogP) is 1.25. The highest BCUT2D eigenvalue weighted by Crippen LogP contribution is 2.39. The Balaban J connectivity index is 1.15. The van der Waals surface area contributed by atoms with Crippen molar-refractivity contribution in [1.29, 1.82) is 0 Å². The van der Waals surface area contributed by atoms with E-state index in [-0.39, 0.29) is 58.1 Å². The van der Waals surface area contributed by atoms with Crippen LogP contribution in [0.2, 0.25) is 0 Å². The molecule has 40 heavy (non-hydrogen) atoms. The molecule has 9 nitrogen and oxygen atoms in total. The number of nitrogens with one attached hydrogen (secondary N) is 5. The Hall–Kier alpha value is -0.540. The maximum Gasteiger partial charge on any atom is 0.244 e. The molecule has 15 heteroatoms. The van der Waals surface area contributed by atoms with Crippen LogP contribution < -0.4 is 26.6 Å². The second-order valence-electron chi connectivity index (χ2n) is 11.7. The number of halogens is 5. The van der Waals surface area contributed by atoms with E-state index in [0.29, 0.717) is 26.2 Å². The Morgan fingerprint density at radius 2 is 1.85 bits per heavy atom. The second-order valence-corrected chi connectivity index (χ2v) is 14.1. The van der Waals surface area contributed by atoms with Crippen LogP contribution in [0.1, 0.15) is 26.2 Å². The van der Waals surface area contributed by atoms with Gasteiger partial charge in [-0.2, -0.15) is 0 Å². The lowest BCUT2D eigenvalue weighted by Crippen LogP contribution is -2.60. The summed E-state index contributed by atoms with van der Waals surface area (Å²) in [5.74, 6) is -1.80. The third-order valence-corrected chi connectivity index (χ3v) is 11.3. The first-order valence-electron chi connectivity index (χ1n) is 14.0. The van der Waals surface area contributed by atoms with Crippen LogP contribution in [0.15, 0.2) is 0 Å². The van der Waals surface area contributed by atoms with Gasteiger partial charge in [0, 0.05) is 50.6 Å². The number of ether oxygens (including phenoxy) is 1. The molecule has 5 aliphatic heterocycles. The number of thioether (sulfide) groups is 1. The number of hydrogen-bond donors (Lipinski definition) is 5. The number of likely N-dealkylation sites (tertiary alicyclic amines) is 1. The molecule has 13 atom stereocenters. The predicted molar refractivity (Wildman–Crippen MR) is 148 cm³/mol. The van der Waals surface area contributed by atoms with Crippen LogP contribution in [0.4, 0.5) is 13.2 Å². The maximum absolute atomic E-state index is 14.7. The standard InChI is InChI=1S/C25H39Cl2F3N6O3S/c1-10-3-11(12-5-19(26)32-7-17(12)39-2)14(6-31-10)23(37)35-25-33-16-8-36(9-18(16)40-25)24(38)20-15(28)4-13(22(29)30)21(27)34-20/h10-22,25,31-34H,3-9H2,1-2H3,(H,35,37). The molecule has 0 aromatic rings. The van der Waals surface area contributed by atoms with Gasteiger partial charge in [-0.05, 0) is 38.0 Å². The van der Waals surface area contributed by atoms with Crippen molar-refractivity contribution in [2.45, 2.75) is 84.8 Å². The average Bonchev–Trinajstić information content (AvgIpc) is 3.48. The molecular weight excluding hydrogens is 592 g/mol. The number of rotatable bonds is 6. The number of methoxy groups -OCH3 is 1. The van der Waals surface area contributed by atoms with Crippen molar-refractivity contribution in [3.63, 3.8) is 0 Å². The third kappa shape index (κ3) is 6.51. The Labute approximate surface area is 247 Å². The number of hydrogen-bond acceptors (Lipinski definition) is 8. The monoisotopic (exact) mass is 630 g/mol. The molecule has 0 bridgehead atoms. The summed E-state index contributed by atoms with van der Waals surface area (Å²) in [5, 5.41) is 15.8. The molecule has 228 valence electrons. The van der Waals surface area contributed by atoms with E-state index in [2.05, 4.69) is 33.5 Å². The van der Waals surface area contributed by atoms with E-state index in [4.69, 9.17) is 27.9 Å². The van der Waals surface area contributed by atoms with Gasteiger partial charge in [0.1, 0.15) is 17.7 Å². The highest BCUT2D eigenvalue weighted by Gasteiger charge is 2.50. The van der Waals surface area contributed by atoms with Gasteiger partial charge >= 0.3 is 0 Å². The zero-order valence-corrected chi connectivity index (χ0v) is 24.8. The SMILES string of the molecule is COC1CNC(Cl)CC1C1CC(C)NCC1C(=O)NC1NC2CN(C(=O)C3NC(Cl)C(C(F)F)CC3F)CC2S1. The van der Waals surface area contributed by atoms with E-state index in [1.165, 1.54) is 11.8 Å². The third-order valence-electron chi connectivity index (χ3n) is 9.21. The lowest BCUT2D eigenvalue weighted by molar-refractivity contribution is -0.136. The number of amides is 2. The molecule has 5 heterocycles. The second kappa shape index (κ2) is 13.0. The van der Waals surface area contributed by atoms with Crippen molar-refractivity contribution in [2.75, 3.05) is 33.3 Å². The van der Waals surface area contributed by atoms with Crippen molar-refractivity contribution in [3.8, 4) is 0 Å². The number of carbonyl (C=O) groups excluding carboxylic acids is 2. The van der Waals surface area contributed by atoms with Gasteiger partial charge in [0.25, 0.3) is 0 Å². The fourth-order valence-electron chi connectivity index (χ4n) is 7.01. The average molecular weight is 632 g/mol. The van der Waals surface area contributed by atoms with Crippen LogP contribution in [-0.2, 0) is 14.3 Å². The van der Waals surface area contributed by atoms with E-state index in [9.17, 15) is 22.8 Å². The van der Waals surface area contributed by atoms with Gasteiger partial charge in [0.05, 0.1) is 28.9 Å². The van der Waals surface area contributed by atoms with Crippen molar-refractivity contribution in [2.24, 2.45) is 23.7 Å². The molecule has 5 fully saturated rings. The molecule has 13 unspecified atom stereocenters. The minimum absolute atomic E-state index is 0.0103. The molecule has 0 aliphatic carbocycles. The largest absolute Gasteiger partial charge is 0.380 e. The van der Waals surface area contributed by atoms with Gasteiger partial charge in [0.2, 0.25) is 18.2 Å². The maximum atomic E-state index is 14.7. The molecule has 0 aromatic carbocycles. The van der Waals surface area contributed by atoms with E-state index in [1.54, 1.807) is 12.0 Å². The molecule has 5 saturated heterocycles. The Bertz CT molecular complexity index is 919. The van der Waals surface area contributed by atoms with Crippen LogP contribution in [0.3, 0.4) is 0 Å². The number of alkyl halides is 5. The van der Waals surface area contributed by atoms with Gasteiger partial charge in [-0.25, -0.2) is 13.2 Å². The number of piperidine rings is 3. The summed E-state index contributed by atoms with van der Waals surface area (Å²) in [7, 11) is 1.70. The smallest absolute Gasteiger partial charge is 0.244 e. The summed E-state index contributed by atoms with van der Waals surface area (Å²) in [6, 6.07) is -1.04. The normalized spacial score (nSPS) is 45.9. The van der Waals surface area contributed by atoms with Crippen LogP contribution >= 0.6 is 35.0 Å². The highest BCUT2D eigenvalue weighted by atomic mass is 35.5. The molecule has 5 N–H and O–H groups in total. The fourth-order valence-corrected chi connectivity index (χ4v) is 9.07. The molecule has 2 amide bonds. The zero-order valence-electron chi connectivity index (χ0n) is 22.5. The topological polar surface area (TPSA) is 107 Å². The number of carbonyl (C=O) groups is 2. The fraction of sp³-hybridized carbons (Fsp3) is 0.920. The Kier molecular flexibility index (Phi) is 10.0. The summed E-state index contributed by atoms with van der Waals surface area (Å²) in [4.78, 5) is 28.2. The molecule has 0 saturated carbocycles. The van der Waals surface area contributed by atoms with E-state index in [0.717, 1.165) is 12.8 Å². The Morgan fingerprint density at radius 1 is 1.07 bits per heavy atom. The zero-order chi connectivity index (χ0) is 28.7. The van der Waals surface area contributed by atoms with E-state index in [1.807, 2.05) is 0 Å². The summed E-state index contributed by atoms with van der Waals surface area (Å²) in [5.41, 5.74) is -1.64. The molecule has 5 rings (SSSR count). The van der Waals surface area contributed by atoms with Crippen molar-refractivity contribution < 1.29 is 27.5 Å². The molecule has 5 aliphatic rings. The summed E-state index contributed by atoms with van der Waals surface area (Å²) < 4.78 is 46.7. The van der Waals surface area contributed by atoms with Crippen LogP contribution in [0.25, 0.3) is 0 Å². The minimum Gasteiger partial charge on any atom is -0.380 e. The lowest BCUT2D eigenvalue weighted by atomic mass is 9.70. The summed E-state index contributed by atoms with van der Waals surface area (Å²) >= 11 is 14.0. The summed E-state index contributed by atoms with van der Waals surface area (Å²) in [6.45, 7) is 4.06. The first kappa shape index (κ1) is 30.9. The van der Waals surface area contributed by atoms with Crippen LogP contribution in [0.5, 0.6) is 0 Å². The highest BCUT2D eigenvalue weighted by molar-refractivity contribution is 8.00. The van der Waals surface area contributed by atoms with Gasteiger partial charge in [-0.3, -0.25) is 25.5 Å². The van der Waals surface area contributed by atoms with Gasteiger partial charge in [0.15, 0.2) is 0 Å². The lowest BCUT2D eigenvalue weighted by Gasteiger charge is -2.45. The Morgan fingerprint density at radius 3 is 2.55 bits per heavy atom. The first-order chi connectivity index (χ1) is 19.0. The number of nitrogens with zero attached hydrogens (tertiary/aromatic N) is 1. The van der Waals surface area contributed by atoms with Crippen LogP contribution in [0, 0.1) is 23.7 Å². The first-order valence-corrected chi connectivity index (χ1v) is 15.8. The minimum atomic E-state index is -2.76. The van der Waals surface area contributed by atoms with Gasteiger partial charge in [-0.15, -0.1) is 35.0 Å². The van der Waals surface area contributed by atoms with Crippen molar-refractivity contribution >= 4 is 46.8 Å². The number of fused-ring (bicyclic) bond motifs is 1. The van der Waals surface area contributed by atoms with Crippen molar-refractivity contribution in [3.05, 3.63) is 0 Å².